The predicted octanol–water partition coefficient (Wildman–Crippen LogP) is 2.86. The standard InChI is InChI=1S/C12H13NO2.ClH/c1-14-9-4-5-10-8(7-9)3-6-11(15-2)12(10)13;/h3-7H,13H2,1-2H3;1H. The van der Waals surface area contributed by atoms with Crippen LogP contribution in [0, 0.1) is 0 Å². The van der Waals surface area contributed by atoms with Crippen LogP contribution in [0.3, 0.4) is 0 Å². The Bertz CT molecular complexity index is 500. The number of ether oxygens (including phenoxy) is 2. The Morgan fingerprint density at radius 2 is 1.75 bits per heavy atom. The van der Waals surface area contributed by atoms with E-state index in [9.17, 15) is 0 Å². The molecule has 0 radical (unpaired) electrons. The SMILES string of the molecule is COc1ccc2c(N)c(OC)ccc2c1.Cl. The molecule has 0 atom stereocenters. The fourth-order valence-corrected chi connectivity index (χ4v) is 1.62. The van der Waals surface area contributed by atoms with Crippen molar-refractivity contribution in [2.24, 2.45) is 0 Å². The van der Waals surface area contributed by atoms with Gasteiger partial charge in [0.2, 0.25) is 0 Å². The van der Waals surface area contributed by atoms with Crippen molar-refractivity contribution in [3.8, 4) is 11.5 Å². The van der Waals surface area contributed by atoms with E-state index >= 15 is 0 Å². The molecule has 0 aliphatic heterocycles. The van der Waals surface area contributed by atoms with E-state index in [0.29, 0.717) is 11.4 Å². The summed E-state index contributed by atoms with van der Waals surface area (Å²) in [7, 11) is 3.26. The number of fused-ring (bicyclic) bond motifs is 1. The van der Waals surface area contributed by atoms with Gasteiger partial charge in [0, 0.05) is 5.39 Å². The Labute approximate surface area is 101 Å². The van der Waals surface area contributed by atoms with E-state index in [1.54, 1.807) is 14.2 Å². The van der Waals surface area contributed by atoms with Crippen molar-refractivity contribution in [1.29, 1.82) is 0 Å². The number of anilines is 1. The summed E-state index contributed by atoms with van der Waals surface area (Å²) in [6.07, 6.45) is 0. The summed E-state index contributed by atoms with van der Waals surface area (Å²) < 4.78 is 10.3. The van der Waals surface area contributed by atoms with E-state index in [1.165, 1.54) is 0 Å². The van der Waals surface area contributed by atoms with E-state index in [1.807, 2.05) is 30.3 Å². The maximum atomic E-state index is 5.96. The quantitative estimate of drug-likeness (QED) is 0.820. The van der Waals surface area contributed by atoms with Crippen molar-refractivity contribution in [2.75, 3.05) is 20.0 Å². The summed E-state index contributed by atoms with van der Waals surface area (Å²) in [5.41, 5.74) is 6.62. The van der Waals surface area contributed by atoms with Crippen molar-refractivity contribution in [3.63, 3.8) is 0 Å². The highest BCUT2D eigenvalue weighted by Crippen LogP contribution is 2.32. The molecule has 0 fully saturated rings. The molecule has 0 spiro atoms. The zero-order chi connectivity index (χ0) is 10.8. The van der Waals surface area contributed by atoms with Crippen LogP contribution in [0.15, 0.2) is 30.3 Å². The highest BCUT2D eigenvalue weighted by molar-refractivity contribution is 5.96. The number of halogens is 1. The van der Waals surface area contributed by atoms with Crippen LogP contribution in [0.1, 0.15) is 0 Å². The number of methoxy groups -OCH3 is 2. The first-order valence-electron chi connectivity index (χ1n) is 4.66. The number of nitrogen functional groups attached to an aromatic ring is 1. The zero-order valence-corrected chi connectivity index (χ0v) is 10.0. The summed E-state index contributed by atoms with van der Waals surface area (Å²) in [6.45, 7) is 0. The predicted molar refractivity (Wildman–Crippen MR) is 68.7 cm³/mol. The lowest BCUT2D eigenvalue weighted by atomic mass is 10.1. The van der Waals surface area contributed by atoms with E-state index in [-0.39, 0.29) is 12.4 Å². The lowest BCUT2D eigenvalue weighted by molar-refractivity contribution is 0.415. The van der Waals surface area contributed by atoms with Gasteiger partial charge in [-0.05, 0) is 29.7 Å². The van der Waals surface area contributed by atoms with Gasteiger partial charge in [-0.1, -0.05) is 6.07 Å². The van der Waals surface area contributed by atoms with Crippen LogP contribution < -0.4 is 15.2 Å². The number of hydrogen-bond acceptors (Lipinski definition) is 3. The smallest absolute Gasteiger partial charge is 0.142 e. The first-order valence-corrected chi connectivity index (χ1v) is 4.66. The Morgan fingerprint density at radius 3 is 2.38 bits per heavy atom. The molecule has 0 saturated carbocycles. The highest BCUT2D eigenvalue weighted by Gasteiger charge is 2.04. The van der Waals surface area contributed by atoms with Crippen LogP contribution >= 0.6 is 12.4 Å². The average molecular weight is 240 g/mol. The van der Waals surface area contributed by atoms with Gasteiger partial charge in [0.15, 0.2) is 0 Å². The van der Waals surface area contributed by atoms with Crippen LogP contribution in [0.25, 0.3) is 10.8 Å². The van der Waals surface area contributed by atoms with Crippen molar-refractivity contribution in [1.82, 2.24) is 0 Å². The molecule has 0 heterocycles. The van der Waals surface area contributed by atoms with Gasteiger partial charge in [-0.2, -0.15) is 0 Å². The molecular weight excluding hydrogens is 226 g/mol. The maximum absolute atomic E-state index is 5.96. The lowest BCUT2D eigenvalue weighted by Crippen LogP contribution is -1.93. The van der Waals surface area contributed by atoms with E-state index in [4.69, 9.17) is 15.2 Å². The largest absolute Gasteiger partial charge is 0.497 e. The van der Waals surface area contributed by atoms with Gasteiger partial charge in [-0.3, -0.25) is 0 Å². The molecule has 4 heteroatoms. The third-order valence-corrected chi connectivity index (χ3v) is 2.45. The lowest BCUT2D eigenvalue weighted by Gasteiger charge is -2.08. The van der Waals surface area contributed by atoms with Crippen molar-refractivity contribution >= 4 is 28.9 Å². The highest BCUT2D eigenvalue weighted by atomic mass is 35.5. The summed E-state index contributed by atoms with van der Waals surface area (Å²) in [4.78, 5) is 0. The summed E-state index contributed by atoms with van der Waals surface area (Å²) in [5, 5.41) is 2.03. The zero-order valence-electron chi connectivity index (χ0n) is 9.19. The Hall–Kier alpha value is -1.61. The third kappa shape index (κ3) is 1.99. The van der Waals surface area contributed by atoms with E-state index < -0.39 is 0 Å². The van der Waals surface area contributed by atoms with Gasteiger partial charge in [0.1, 0.15) is 11.5 Å². The first-order chi connectivity index (χ1) is 7.26. The average Bonchev–Trinajstić information content (AvgIpc) is 2.29. The summed E-state index contributed by atoms with van der Waals surface area (Å²) >= 11 is 0. The van der Waals surface area contributed by atoms with Crippen LogP contribution in [0.2, 0.25) is 0 Å². The number of nitrogens with two attached hydrogens (primary N) is 1. The second-order valence-electron chi connectivity index (χ2n) is 3.27. The molecule has 0 saturated heterocycles. The van der Waals surface area contributed by atoms with Crippen molar-refractivity contribution in [2.45, 2.75) is 0 Å². The number of hydrogen-bond donors (Lipinski definition) is 1. The monoisotopic (exact) mass is 239 g/mol. The second-order valence-corrected chi connectivity index (χ2v) is 3.27. The molecule has 0 aliphatic carbocycles. The summed E-state index contributed by atoms with van der Waals surface area (Å²) in [5.74, 6) is 1.53. The van der Waals surface area contributed by atoms with E-state index in [2.05, 4.69) is 0 Å². The Kier molecular flexibility index (Phi) is 3.85. The molecular formula is C12H14ClNO2. The minimum absolute atomic E-state index is 0. The Balaban J connectivity index is 0.00000128. The topological polar surface area (TPSA) is 44.5 Å². The molecule has 2 rings (SSSR count). The normalized spacial score (nSPS) is 9.62. The molecule has 0 aliphatic rings. The van der Waals surface area contributed by atoms with Crippen LogP contribution in [-0.2, 0) is 0 Å². The molecule has 2 N–H and O–H groups in total. The first kappa shape index (κ1) is 12.5. The molecule has 0 bridgehead atoms. The third-order valence-electron chi connectivity index (χ3n) is 2.45. The number of rotatable bonds is 2. The van der Waals surface area contributed by atoms with Gasteiger partial charge in [0.05, 0.1) is 19.9 Å². The molecule has 0 unspecified atom stereocenters. The molecule has 2 aromatic rings. The summed E-state index contributed by atoms with van der Waals surface area (Å²) in [6, 6.07) is 9.60. The van der Waals surface area contributed by atoms with E-state index in [0.717, 1.165) is 16.5 Å². The fraction of sp³-hybridized carbons (Fsp3) is 0.167. The molecule has 86 valence electrons. The maximum Gasteiger partial charge on any atom is 0.142 e. The van der Waals surface area contributed by atoms with Gasteiger partial charge in [-0.15, -0.1) is 12.4 Å². The fourth-order valence-electron chi connectivity index (χ4n) is 1.62. The molecule has 2 aromatic carbocycles. The van der Waals surface area contributed by atoms with Crippen molar-refractivity contribution < 1.29 is 9.47 Å². The Morgan fingerprint density at radius 1 is 1.00 bits per heavy atom. The molecule has 16 heavy (non-hydrogen) atoms. The molecule has 3 nitrogen and oxygen atoms in total. The van der Waals surface area contributed by atoms with Gasteiger partial charge in [0.25, 0.3) is 0 Å². The van der Waals surface area contributed by atoms with Crippen LogP contribution in [0.5, 0.6) is 11.5 Å². The van der Waals surface area contributed by atoms with Crippen LogP contribution in [-0.4, -0.2) is 14.2 Å². The second kappa shape index (κ2) is 4.94. The molecule has 0 amide bonds. The van der Waals surface area contributed by atoms with Gasteiger partial charge < -0.3 is 15.2 Å². The van der Waals surface area contributed by atoms with Crippen molar-refractivity contribution in [3.05, 3.63) is 30.3 Å². The van der Waals surface area contributed by atoms with Crippen LogP contribution in [0.4, 0.5) is 5.69 Å². The number of benzene rings is 2. The van der Waals surface area contributed by atoms with Gasteiger partial charge >= 0.3 is 0 Å². The van der Waals surface area contributed by atoms with Gasteiger partial charge in [-0.25, -0.2) is 0 Å². The molecule has 0 aromatic heterocycles. The minimum atomic E-state index is 0. The minimum Gasteiger partial charge on any atom is -0.497 e.